The van der Waals surface area contributed by atoms with Crippen molar-refractivity contribution in [2.24, 2.45) is 0 Å². The highest BCUT2D eigenvalue weighted by atomic mass is 32.1. The van der Waals surface area contributed by atoms with Crippen LogP contribution in [0.5, 0.6) is 0 Å². The van der Waals surface area contributed by atoms with E-state index in [9.17, 15) is 0 Å². The fourth-order valence-electron chi connectivity index (χ4n) is 2.11. The van der Waals surface area contributed by atoms with Gasteiger partial charge in [-0.05, 0) is 44.8 Å². The Kier molecular flexibility index (Phi) is 2.09. The van der Waals surface area contributed by atoms with Crippen LogP contribution in [-0.4, -0.2) is 27.4 Å². The summed E-state index contributed by atoms with van der Waals surface area (Å²) in [5.74, 6) is 1.06. The molecule has 1 aromatic rings. The maximum atomic E-state index is 5.28. The van der Waals surface area contributed by atoms with E-state index in [4.69, 9.17) is 12.2 Å². The molecule has 0 aromatic carbocycles. The Bertz CT molecular complexity index is 413. The van der Waals surface area contributed by atoms with Crippen LogP contribution in [0.4, 0.5) is 5.95 Å². The minimum Gasteiger partial charge on any atom is -0.338 e. The lowest BCUT2D eigenvalue weighted by Gasteiger charge is -2.21. The number of anilines is 1. The van der Waals surface area contributed by atoms with E-state index in [2.05, 4.69) is 26.6 Å². The molecule has 2 fully saturated rings. The lowest BCUT2D eigenvalue weighted by Crippen LogP contribution is -2.28. The summed E-state index contributed by atoms with van der Waals surface area (Å²) in [5.41, 5.74) is 0. The first-order chi connectivity index (χ1) is 7.31. The Hall–Kier alpha value is -0.840. The molecule has 82 valence electrons. The smallest absolute Gasteiger partial charge is 0.226 e. The van der Waals surface area contributed by atoms with Crippen molar-refractivity contribution in [1.29, 1.82) is 0 Å². The normalized spacial score (nSPS) is 20.6. The molecule has 1 aromatic heterocycles. The Morgan fingerprint density at radius 2 is 2.20 bits per heavy atom. The molecule has 0 spiro atoms. The van der Waals surface area contributed by atoms with Gasteiger partial charge in [0.2, 0.25) is 5.95 Å². The molecule has 4 nitrogen and oxygen atoms in total. The van der Waals surface area contributed by atoms with Crippen molar-refractivity contribution in [1.82, 2.24) is 14.8 Å². The van der Waals surface area contributed by atoms with Crippen LogP contribution >= 0.6 is 12.2 Å². The van der Waals surface area contributed by atoms with Crippen LogP contribution in [0.3, 0.4) is 0 Å². The summed E-state index contributed by atoms with van der Waals surface area (Å²) in [4.78, 5) is 2.38. The molecule has 3 rings (SSSR count). The van der Waals surface area contributed by atoms with Gasteiger partial charge in [0, 0.05) is 18.6 Å². The van der Waals surface area contributed by atoms with Gasteiger partial charge in [0.25, 0.3) is 0 Å². The van der Waals surface area contributed by atoms with E-state index in [1.165, 1.54) is 25.7 Å². The number of aromatic nitrogens is 3. The Morgan fingerprint density at radius 1 is 1.47 bits per heavy atom. The average molecular weight is 224 g/mol. The molecular formula is C10H16N4S. The van der Waals surface area contributed by atoms with Gasteiger partial charge >= 0.3 is 0 Å². The summed E-state index contributed by atoms with van der Waals surface area (Å²) in [6.45, 7) is 3.21. The zero-order valence-electron chi connectivity index (χ0n) is 8.94. The summed E-state index contributed by atoms with van der Waals surface area (Å²) in [5, 5.41) is 7.31. The second kappa shape index (κ2) is 3.33. The van der Waals surface area contributed by atoms with Crippen LogP contribution in [0.25, 0.3) is 0 Å². The van der Waals surface area contributed by atoms with Crippen molar-refractivity contribution in [3.63, 3.8) is 0 Å². The molecule has 0 unspecified atom stereocenters. The SMILES string of the molecule is CCN(c1n[nH]c(=S)n1C1CC1)C1CC1. The predicted octanol–water partition coefficient (Wildman–Crippen LogP) is 2.26. The van der Waals surface area contributed by atoms with Gasteiger partial charge in [0.15, 0.2) is 4.77 Å². The van der Waals surface area contributed by atoms with Gasteiger partial charge in [-0.15, -0.1) is 5.10 Å². The molecule has 0 aliphatic heterocycles. The second-order valence-electron chi connectivity index (χ2n) is 4.45. The van der Waals surface area contributed by atoms with E-state index < -0.39 is 0 Å². The maximum absolute atomic E-state index is 5.28. The molecule has 0 saturated heterocycles. The van der Waals surface area contributed by atoms with E-state index in [1.54, 1.807) is 0 Å². The van der Waals surface area contributed by atoms with E-state index in [0.717, 1.165) is 17.3 Å². The third-order valence-electron chi connectivity index (χ3n) is 3.18. The number of aromatic amines is 1. The summed E-state index contributed by atoms with van der Waals surface area (Å²) >= 11 is 5.28. The monoisotopic (exact) mass is 224 g/mol. The number of hydrogen-bond acceptors (Lipinski definition) is 3. The zero-order chi connectivity index (χ0) is 10.4. The van der Waals surface area contributed by atoms with E-state index in [0.29, 0.717) is 12.1 Å². The Labute approximate surface area is 94.3 Å². The first-order valence-electron chi connectivity index (χ1n) is 5.74. The van der Waals surface area contributed by atoms with Gasteiger partial charge in [-0.25, -0.2) is 5.10 Å². The number of hydrogen-bond donors (Lipinski definition) is 1. The van der Waals surface area contributed by atoms with Crippen LogP contribution < -0.4 is 4.90 Å². The molecule has 2 aliphatic rings. The highest BCUT2D eigenvalue weighted by molar-refractivity contribution is 7.71. The number of rotatable bonds is 4. The van der Waals surface area contributed by atoms with Crippen molar-refractivity contribution in [2.75, 3.05) is 11.4 Å². The fourth-order valence-corrected chi connectivity index (χ4v) is 2.39. The first kappa shape index (κ1) is 9.39. The largest absolute Gasteiger partial charge is 0.338 e. The number of nitrogens with one attached hydrogen (secondary N) is 1. The molecule has 1 N–H and O–H groups in total. The molecule has 0 radical (unpaired) electrons. The molecular weight excluding hydrogens is 208 g/mol. The van der Waals surface area contributed by atoms with Crippen molar-refractivity contribution in [3.05, 3.63) is 4.77 Å². The molecule has 1 heterocycles. The van der Waals surface area contributed by atoms with Crippen LogP contribution in [0.1, 0.15) is 38.6 Å². The van der Waals surface area contributed by atoms with Gasteiger partial charge in [0.05, 0.1) is 0 Å². The van der Waals surface area contributed by atoms with Gasteiger partial charge in [-0.2, -0.15) is 0 Å². The van der Waals surface area contributed by atoms with Gasteiger partial charge in [-0.1, -0.05) is 0 Å². The lowest BCUT2D eigenvalue weighted by molar-refractivity contribution is 0.680. The van der Waals surface area contributed by atoms with Crippen molar-refractivity contribution in [2.45, 2.75) is 44.7 Å². The van der Waals surface area contributed by atoms with Crippen molar-refractivity contribution in [3.8, 4) is 0 Å². The third-order valence-corrected chi connectivity index (χ3v) is 3.47. The lowest BCUT2D eigenvalue weighted by atomic mass is 10.5. The summed E-state index contributed by atoms with van der Waals surface area (Å²) in [6, 6.07) is 1.32. The highest BCUT2D eigenvalue weighted by Crippen LogP contribution is 2.39. The van der Waals surface area contributed by atoms with Crippen LogP contribution in [0.2, 0.25) is 0 Å². The Balaban J connectivity index is 1.98. The third kappa shape index (κ3) is 1.58. The average Bonchev–Trinajstić information content (AvgIpc) is 3.10. The first-order valence-corrected chi connectivity index (χ1v) is 6.15. The number of H-pyrrole nitrogens is 1. The van der Waals surface area contributed by atoms with Crippen LogP contribution in [0, 0.1) is 4.77 Å². The summed E-state index contributed by atoms with van der Waals surface area (Å²) in [6.07, 6.45) is 5.11. The van der Waals surface area contributed by atoms with Crippen LogP contribution in [-0.2, 0) is 0 Å². The van der Waals surface area contributed by atoms with Gasteiger partial charge in [-0.3, -0.25) is 4.57 Å². The van der Waals surface area contributed by atoms with E-state index in [-0.39, 0.29) is 0 Å². The van der Waals surface area contributed by atoms with Crippen molar-refractivity contribution >= 4 is 18.2 Å². The zero-order valence-corrected chi connectivity index (χ0v) is 9.76. The van der Waals surface area contributed by atoms with Crippen molar-refractivity contribution < 1.29 is 0 Å². The quantitative estimate of drug-likeness (QED) is 0.797. The minimum absolute atomic E-state index is 0.610. The second-order valence-corrected chi connectivity index (χ2v) is 4.83. The Morgan fingerprint density at radius 3 is 2.73 bits per heavy atom. The molecule has 5 heteroatoms. The number of nitrogens with zero attached hydrogens (tertiary/aromatic N) is 3. The van der Waals surface area contributed by atoms with E-state index >= 15 is 0 Å². The van der Waals surface area contributed by atoms with Crippen LogP contribution in [0.15, 0.2) is 0 Å². The summed E-state index contributed by atoms with van der Waals surface area (Å²) in [7, 11) is 0. The molecule has 0 amide bonds. The topological polar surface area (TPSA) is 36.9 Å². The predicted molar refractivity (Wildman–Crippen MR) is 61.7 cm³/mol. The fraction of sp³-hybridized carbons (Fsp3) is 0.800. The minimum atomic E-state index is 0.610. The van der Waals surface area contributed by atoms with Gasteiger partial charge < -0.3 is 4.90 Å². The van der Waals surface area contributed by atoms with E-state index in [1.807, 2.05) is 0 Å². The standard InChI is InChI=1S/C10H16N4S/c1-2-13(7-3-4-7)9-11-12-10(15)14(9)8-5-6-8/h7-8H,2-6H2,1H3,(H,12,15). The van der Waals surface area contributed by atoms with Gasteiger partial charge in [0.1, 0.15) is 0 Å². The highest BCUT2D eigenvalue weighted by Gasteiger charge is 2.34. The maximum Gasteiger partial charge on any atom is 0.226 e. The summed E-state index contributed by atoms with van der Waals surface area (Å²) < 4.78 is 2.99. The molecule has 0 atom stereocenters. The molecule has 15 heavy (non-hydrogen) atoms. The molecule has 2 saturated carbocycles. The molecule has 0 bridgehead atoms. The molecule has 2 aliphatic carbocycles.